The van der Waals surface area contributed by atoms with E-state index in [1.807, 2.05) is 18.5 Å². The van der Waals surface area contributed by atoms with Crippen LogP contribution in [0.1, 0.15) is 32.6 Å². The van der Waals surface area contributed by atoms with E-state index < -0.39 is 0 Å². The fourth-order valence-corrected chi connectivity index (χ4v) is 2.47. The Hall–Kier alpha value is -1.05. The number of anilines is 1. The van der Waals surface area contributed by atoms with Gasteiger partial charge in [0.25, 0.3) is 0 Å². The van der Waals surface area contributed by atoms with Crippen LogP contribution in [0.2, 0.25) is 0 Å². The molecular weight excluding hydrogens is 184 g/mol. The van der Waals surface area contributed by atoms with Gasteiger partial charge in [0.1, 0.15) is 0 Å². The fourth-order valence-electron chi connectivity index (χ4n) is 2.47. The van der Waals surface area contributed by atoms with E-state index in [4.69, 9.17) is 0 Å². The summed E-state index contributed by atoms with van der Waals surface area (Å²) in [5.41, 5.74) is 1.15. The van der Waals surface area contributed by atoms with Gasteiger partial charge in [0.05, 0.1) is 5.69 Å². The van der Waals surface area contributed by atoms with Crippen molar-refractivity contribution in [1.29, 1.82) is 0 Å². The number of rotatable bonds is 3. The third kappa shape index (κ3) is 3.22. The lowest BCUT2D eigenvalue weighted by Crippen LogP contribution is -2.20. The van der Waals surface area contributed by atoms with E-state index in [1.54, 1.807) is 0 Å². The Morgan fingerprint density at radius 2 is 2.40 bits per heavy atom. The molecule has 0 aromatic carbocycles. The van der Waals surface area contributed by atoms with Crippen LogP contribution >= 0.6 is 0 Å². The molecule has 1 aromatic heterocycles. The van der Waals surface area contributed by atoms with Gasteiger partial charge in [-0.1, -0.05) is 19.8 Å². The van der Waals surface area contributed by atoms with Crippen molar-refractivity contribution in [1.82, 2.24) is 4.98 Å². The number of nitrogens with one attached hydrogen (secondary N) is 1. The lowest BCUT2D eigenvalue weighted by molar-refractivity contribution is 0.293. The fraction of sp³-hybridized carbons (Fsp3) is 0.615. The predicted molar refractivity (Wildman–Crippen MR) is 63.8 cm³/mol. The molecule has 0 spiro atoms. The second kappa shape index (κ2) is 5.15. The minimum atomic E-state index is 0.856. The van der Waals surface area contributed by atoms with Gasteiger partial charge in [0.15, 0.2) is 0 Å². The Balaban J connectivity index is 1.78. The maximum Gasteiger partial charge on any atom is 0.0526 e. The maximum atomic E-state index is 4.10. The Morgan fingerprint density at radius 1 is 1.47 bits per heavy atom. The van der Waals surface area contributed by atoms with E-state index in [1.165, 1.54) is 25.7 Å². The van der Waals surface area contributed by atoms with E-state index in [-0.39, 0.29) is 0 Å². The normalized spacial score (nSPS) is 26.2. The van der Waals surface area contributed by atoms with Crippen LogP contribution in [-0.4, -0.2) is 11.5 Å². The summed E-state index contributed by atoms with van der Waals surface area (Å²) < 4.78 is 0. The summed E-state index contributed by atoms with van der Waals surface area (Å²) in [5, 5.41) is 3.47. The monoisotopic (exact) mass is 204 g/mol. The van der Waals surface area contributed by atoms with Crippen LogP contribution in [0.4, 0.5) is 5.69 Å². The van der Waals surface area contributed by atoms with Gasteiger partial charge in [-0.05, 0) is 36.8 Å². The number of hydrogen-bond acceptors (Lipinski definition) is 2. The van der Waals surface area contributed by atoms with Gasteiger partial charge in [-0.3, -0.25) is 4.98 Å². The number of hydrogen-bond donors (Lipinski definition) is 1. The van der Waals surface area contributed by atoms with Gasteiger partial charge >= 0.3 is 0 Å². The number of pyridine rings is 1. The van der Waals surface area contributed by atoms with Gasteiger partial charge in [0.2, 0.25) is 0 Å². The molecule has 1 aliphatic carbocycles. The van der Waals surface area contributed by atoms with Crippen molar-refractivity contribution in [2.75, 3.05) is 11.9 Å². The Bertz CT molecular complexity index is 284. The molecule has 0 aliphatic heterocycles. The molecule has 1 aromatic rings. The second-order valence-corrected chi connectivity index (χ2v) is 4.76. The van der Waals surface area contributed by atoms with Crippen LogP contribution in [0.25, 0.3) is 0 Å². The van der Waals surface area contributed by atoms with Gasteiger partial charge in [0, 0.05) is 18.9 Å². The maximum absolute atomic E-state index is 4.10. The molecule has 1 heterocycles. The molecule has 0 radical (unpaired) electrons. The first-order chi connectivity index (χ1) is 7.34. The first-order valence-corrected chi connectivity index (χ1v) is 5.98. The molecule has 2 rings (SSSR count). The standard InChI is InChI=1S/C13H20N2/c1-11-4-2-5-12(8-11)9-15-13-6-3-7-14-10-13/h3,6-7,10-12,15H,2,4-5,8-9H2,1H3. The summed E-state index contributed by atoms with van der Waals surface area (Å²) in [4.78, 5) is 4.10. The molecule has 2 heteroatoms. The van der Waals surface area contributed by atoms with E-state index in [9.17, 15) is 0 Å². The quantitative estimate of drug-likeness (QED) is 0.817. The molecular formula is C13H20N2. The van der Waals surface area contributed by atoms with Crippen LogP contribution in [0.3, 0.4) is 0 Å². The van der Waals surface area contributed by atoms with Gasteiger partial charge < -0.3 is 5.32 Å². The van der Waals surface area contributed by atoms with Crippen LogP contribution in [-0.2, 0) is 0 Å². The summed E-state index contributed by atoms with van der Waals surface area (Å²) in [5.74, 6) is 1.77. The largest absolute Gasteiger partial charge is 0.384 e. The Kier molecular flexibility index (Phi) is 3.59. The summed E-state index contributed by atoms with van der Waals surface area (Å²) in [6.07, 6.45) is 9.30. The minimum absolute atomic E-state index is 0.856. The van der Waals surface area contributed by atoms with E-state index in [0.717, 1.165) is 24.1 Å². The van der Waals surface area contributed by atoms with Crippen molar-refractivity contribution >= 4 is 5.69 Å². The van der Waals surface area contributed by atoms with E-state index in [2.05, 4.69) is 23.3 Å². The van der Waals surface area contributed by atoms with E-state index >= 15 is 0 Å². The first-order valence-electron chi connectivity index (χ1n) is 5.98. The lowest BCUT2D eigenvalue weighted by atomic mass is 9.82. The van der Waals surface area contributed by atoms with Crippen molar-refractivity contribution in [3.8, 4) is 0 Å². The average Bonchev–Trinajstić information content (AvgIpc) is 2.28. The van der Waals surface area contributed by atoms with Crippen LogP contribution < -0.4 is 5.32 Å². The molecule has 1 fully saturated rings. The number of nitrogens with zero attached hydrogens (tertiary/aromatic N) is 1. The highest BCUT2D eigenvalue weighted by molar-refractivity contribution is 5.39. The third-order valence-electron chi connectivity index (χ3n) is 3.30. The summed E-state index contributed by atoms with van der Waals surface area (Å²) in [6.45, 7) is 3.48. The zero-order valence-electron chi connectivity index (χ0n) is 9.45. The van der Waals surface area contributed by atoms with Gasteiger partial charge in [-0.15, -0.1) is 0 Å². The molecule has 2 nitrogen and oxygen atoms in total. The second-order valence-electron chi connectivity index (χ2n) is 4.76. The third-order valence-corrected chi connectivity index (χ3v) is 3.30. The van der Waals surface area contributed by atoms with Crippen molar-refractivity contribution in [2.24, 2.45) is 11.8 Å². The predicted octanol–water partition coefficient (Wildman–Crippen LogP) is 3.32. The van der Waals surface area contributed by atoms with E-state index in [0.29, 0.717) is 0 Å². The van der Waals surface area contributed by atoms with Crippen molar-refractivity contribution in [2.45, 2.75) is 32.6 Å². The summed E-state index contributed by atoms with van der Waals surface area (Å²) in [7, 11) is 0. The van der Waals surface area contributed by atoms with Gasteiger partial charge in [-0.25, -0.2) is 0 Å². The highest BCUT2D eigenvalue weighted by Crippen LogP contribution is 2.28. The summed E-state index contributed by atoms with van der Waals surface area (Å²) >= 11 is 0. The van der Waals surface area contributed by atoms with Crippen molar-refractivity contribution in [3.63, 3.8) is 0 Å². The average molecular weight is 204 g/mol. The Morgan fingerprint density at radius 3 is 3.13 bits per heavy atom. The lowest BCUT2D eigenvalue weighted by Gasteiger charge is -2.27. The molecule has 15 heavy (non-hydrogen) atoms. The van der Waals surface area contributed by atoms with Crippen LogP contribution in [0, 0.1) is 11.8 Å². The zero-order chi connectivity index (χ0) is 10.5. The molecule has 2 atom stereocenters. The molecule has 82 valence electrons. The molecule has 0 saturated heterocycles. The highest BCUT2D eigenvalue weighted by atomic mass is 14.9. The smallest absolute Gasteiger partial charge is 0.0526 e. The molecule has 1 aliphatic rings. The first kappa shape index (κ1) is 10.5. The SMILES string of the molecule is CC1CCCC(CNc2cccnc2)C1. The minimum Gasteiger partial charge on any atom is -0.384 e. The van der Waals surface area contributed by atoms with Crippen LogP contribution in [0.15, 0.2) is 24.5 Å². The topological polar surface area (TPSA) is 24.9 Å². The molecule has 0 bridgehead atoms. The number of aromatic nitrogens is 1. The van der Waals surface area contributed by atoms with Crippen molar-refractivity contribution in [3.05, 3.63) is 24.5 Å². The molecule has 1 N–H and O–H groups in total. The Labute approximate surface area is 92.1 Å². The van der Waals surface area contributed by atoms with Gasteiger partial charge in [-0.2, -0.15) is 0 Å². The van der Waals surface area contributed by atoms with Crippen LogP contribution in [0.5, 0.6) is 0 Å². The molecule has 0 amide bonds. The highest BCUT2D eigenvalue weighted by Gasteiger charge is 2.18. The van der Waals surface area contributed by atoms with Crippen molar-refractivity contribution < 1.29 is 0 Å². The zero-order valence-corrected chi connectivity index (χ0v) is 9.45. The molecule has 1 saturated carbocycles. The summed E-state index contributed by atoms with van der Waals surface area (Å²) in [6, 6.07) is 4.06. The molecule has 2 unspecified atom stereocenters.